The lowest BCUT2D eigenvalue weighted by Crippen LogP contribution is -2.29. The summed E-state index contributed by atoms with van der Waals surface area (Å²) in [5.41, 5.74) is 2.52. The van der Waals surface area contributed by atoms with E-state index in [9.17, 15) is 4.79 Å². The van der Waals surface area contributed by atoms with Gasteiger partial charge in [0.2, 0.25) is 5.91 Å². The molecule has 1 amide bonds. The highest BCUT2D eigenvalue weighted by Gasteiger charge is 2.26. The third-order valence-corrected chi connectivity index (χ3v) is 5.03. The zero-order valence-electron chi connectivity index (χ0n) is 14.7. The van der Waals surface area contributed by atoms with E-state index in [2.05, 4.69) is 52.6 Å². The Kier molecular flexibility index (Phi) is 5.34. The minimum absolute atomic E-state index is 0.313. The lowest BCUT2D eigenvalue weighted by Gasteiger charge is -2.17. The molecule has 1 aliphatic heterocycles. The van der Waals surface area contributed by atoms with Crippen LogP contribution in [0.15, 0.2) is 36.5 Å². The number of rotatable bonds is 6. The van der Waals surface area contributed by atoms with E-state index in [0.717, 1.165) is 44.7 Å². The zero-order chi connectivity index (χ0) is 16.9. The van der Waals surface area contributed by atoms with Crippen LogP contribution in [0.1, 0.15) is 36.3 Å². The Morgan fingerprint density at radius 1 is 1.25 bits per heavy atom. The van der Waals surface area contributed by atoms with Crippen molar-refractivity contribution in [2.24, 2.45) is 5.92 Å². The predicted octanol–water partition coefficient (Wildman–Crippen LogP) is 3.37. The van der Waals surface area contributed by atoms with Crippen molar-refractivity contribution in [3.05, 3.63) is 53.6 Å². The first-order valence-electron chi connectivity index (χ1n) is 8.94. The van der Waals surface area contributed by atoms with Gasteiger partial charge in [0.15, 0.2) is 0 Å². The molecule has 4 heteroatoms. The summed E-state index contributed by atoms with van der Waals surface area (Å²) in [4.78, 5) is 18.8. The maximum atomic E-state index is 12.4. The van der Waals surface area contributed by atoms with E-state index >= 15 is 0 Å². The number of likely N-dealkylation sites (tertiary alicyclic amines) is 1. The minimum atomic E-state index is 0.313. The number of aryl methyl sites for hydroxylation is 3. The van der Waals surface area contributed by atoms with Gasteiger partial charge in [-0.15, -0.1) is 0 Å². The number of amides is 1. The van der Waals surface area contributed by atoms with Crippen LogP contribution in [0.3, 0.4) is 0 Å². The molecule has 1 unspecified atom stereocenters. The number of carbonyl (C=O) groups is 1. The van der Waals surface area contributed by atoms with Gasteiger partial charge in [-0.05, 0) is 44.6 Å². The fourth-order valence-corrected chi connectivity index (χ4v) is 3.57. The summed E-state index contributed by atoms with van der Waals surface area (Å²) in [6.07, 6.45) is 5.60. The Morgan fingerprint density at radius 3 is 2.75 bits per heavy atom. The van der Waals surface area contributed by atoms with Crippen LogP contribution >= 0.6 is 0 Å². The van der Waals surface area contributed by atoms with Gasteiger partial charge < -0.3 is 9.47 Å². The number of hydrogen-bond donors (Lipinski definition) is 0. The van der Waals surface area contributed by atoms with Crippen LogP contribution in [-0.2, 0) is 17.8 Å². The van der Waals surface area contributed by atoms with Crippen molar-refractivity contribution >= 4 is 5.91 Å². The number of carbonyl (C=O) groups excluding carboxylic acids is 1. The zero-order valence-corrected chi connectivity index (χ0v) is 14.7. The first-order chi connectivity index (χ1) is 11.6. The van der Waals surface area contributed by atoms with Crippen molar-refractivity contribution in [2.75, 3.05) is 13.1 Å². The van der Waals surface area contributed by atoms with Gasteiger partial charge in [-0.1, -0.05) is 30.3 Å². The topological polar surface area (TPSA) is 38.1 Å². The van der Waals surface area contributed by atoms with Crippen molar-refractivity contribution in [1.82, 2.24) is 14.5 Å². The van der Waals surface area contributed by atoms with Gasteiger partial charge in [0.1, 0.15) is 5.82 Å². The lowest BCUT2D eigenvalue weighted by molar-refractivity contribution is -0.130. The highest BCUT2D eigenvalue weighted by atomic mass is 16.2. The second-order valence-electron chi connectivity index (χ2n) is 6.89. The van der Waals surface area contributed by atoms with Crippen LogP contribution < -0.4 is 0 Å². The molecule has 128 valence electrons. The number of nitrogens with zero attached hydrogens (tertiary/aromatic N) is 3. The molecular weight excluding hydrogens is 298 g/mol. The molecular formula is C20H27N3O. The Labute approximate surface area is 144 Å². The molecule has 2 heterocycles. The van der Waals surface area contributed by atoms with Crippen LogP contribution in [0.25, 0.3) is 0 Å². The predicted molar refractivity (Wildman–Crippen MR) is 95.8 cm³/mol. The van der Waals surface area contributed by atoms with Gasteiger partial charge in [0.25, 0.3) is 0 Å². The summed E-state index contributed by atoms with van der Waals surface area (Å²) in [5, 5.41) is 0. The van der Waals surface area contributed by atoms with Crippen LogP contribution in [0.5, 0.6) is 0 Å². The molecule has 24 heavy (non-hydrogen) atoms. The Morgan fingerprint density at radius 2 is 2.04 bits per heavy atom. The van der Waals surface area contributed by atoms with E-state index in [1.165, 1.54) is 11.3 Å². The van der Waals surface area contributed by atoms with E-state index in [-0.39, 0.29) is 0 Å². The van der Waals surface area contributed by atoms with Gasteiger partial charge in [0.05, 0.1) is 0 Å². The van der Waals surface area contributed by atoms with Gasteiger partial charge in [0, 0.05) is 37.9 Å². The lowest BCUT2D eigenvalue weighted by atomic mass is 10.1. The molecule has 1 aromatic carbocycles. The van der Waals surface area contributed by atoms with Crippen LogP contribution in [-0.4, -0.2) is 33.4 Å². The van der Waals surface area contributed by atoms with Crippen molar-refractivity contribution in [1.29, 1.82) is 0 Å². The molecule has 0 bridgehead atoms. The van der Waals surface area contributed by atoms with E-state index < -0.39 is 0 Å². The summed E-state index contributed by atoms with van der Waals surface area (Å²) < 4.78 is 2.27. The van der Waals surface area contributed by atoms with Gasteiger partial charge >= 0.3 is 0 Å². The molecule has 1 fully saturated rings. The molecule has 1 saturated heterocycles. The Balaban J connectivity index is 1.44. The molecule has 0 radical (unpaired) electrons. The molecule has 0 aliphatic carbocycles. The molecule has 0 spiro atoms. The second kappa shape index (κ2) is 7.65. The Bertz CT molecular complexity index is 658. The Hall–Kier alpha value is -2.10. The number of aromatic nitrogens is 2. The van der Waals surface area contributed by atoms with Crippen molar-refractivity contribution in [3.8, 4) is 0 Å². The third kappa shape index (κ3) is 4.05. The average molecular weight is 325 g/mol. The molecule has 2 aromatic rings. The van der Waals surface area contributed by atoms with Crippen molar-refractivity contribution in [3.63, 3.8) is 0 Å². The van der Waals surface area contributed by atoms with Crippen LogP contribution in [0, 0.1) is 19.8 Å². The summed E-state index contributed by atoms with van der Waals surface area (Å²) in [6, 6.07) is 10.4. The smallest absolute Gasteiger partial charge is 0.222 e. The van der Waals surface area contributed by atoms with E-state index in [4.69, 9.17) is 0 Å². The monoisotopic (exact) mass is 325 g/mol. The van der Waals surface area contributed by atoms with Gasteiger partial charge in [-0.3, -0.25) is 4.79 Å². The van der Waals surface area contributed by atoms with Crippen LogP contribution in [0.2, 0.25) is 0 Å². The minimum Gasteiger partial charge on any atom is -0.342 e. The highest BCUT2D eigenvalue weighted by Crippen LogP contribution is 2.21. The number of imidazole rings is 1. The van der Waals surface area contributed by atoms with Gasteiger partial charge in [-0.2, -0.15) is 0 Å². The average Bonchev–Trinajstić information content (AvgIpc) is 3.18. The first kappa shape index (κ1) is 16.7. The molecule has 0 N–H and O–H groups in total. The second-order valence-corrected chi connectivity index (χ2v) is 6.89. The van der Waals surface area contributed by atoms with E-state index in [1.807, 2.05) is 12.3 Å². The van der Waals surface area contributed by atoms with E-state index in [1.54, 1.807) is 0 Å². The first-order valence-corrected chi connectivity index (χ1v) is 8.94. The largest absolute Gasteiger partial charge is 0.342 e. The molecule has 0 saturated carbocycles. The quantitative estimate of drug-likeness (QED) is 0.817. The fraction of sp³-hybridized carbons (Fsp3) is 0.500. The van der Waals surface area contributed by atoms with Crippen LogP contribution in [0.4, 0.5) is 0 Å². The molecule has 4 nitrogen and oxygen atoms in total. The summed E-state index contributed by atoms with van der Waals surface area (Å²) in [6.45, 7) is 6.92. The third-order valence-electron chi connectivity index (χ3n) is 5.03. The molecule has 3 rings (SSSR count). The van der Waals surface area contributed by atoms with Crippen molar-refractivity contribution < 1.29 is 4.79 Å². The summed E-state index contributed by atoms with van der Waals surface area (Å²) in [5.74, 6) is 1.93. The normalized spacial score (nSPS) is 17.4. The SMILES string of the molecule is Cc1cnc(C)n1CC1CCN(C(=O)CCCc2ccccc2)C1. The maximum absolute atomic E-state index is 12.4. The summed E-state index contributed by atoms with van der Waals surface area (Å²) >= 11 is 0. The standard InChI is InChI=1S/C20H27N3O/c1-16-13-21-17(2)23(16)15-19-11-12-22(14-19)20(24)10-6-9-18-7-4-3-5-8-18/h3-5,7-8,13,19H,6,9-12,14-15H2,1-2H3. The van der Waals surface area contributed by atoms with Gasteiger partial charge in [-0.25, -0.2) is 4.98 Å². The van der Waals surface area contributed by atoms with Crippen molar-refractivity contribution in [2.45, 2.75) is 46.1 Å². The highest BCUT2D eigenvalue weighted by molar-refractivity contribution is 5.76. The number of benzene rings is 1. The van der Waals surface area contributed by atoms with E-state index in [0.29, 0.717) is 18.2 Å². The fourth-order valence-electron chi connectivity index (χ4n) is 3.57. The maximum Gasteiger partial charge on any atom is 0.222 e. The molecule has 1 aliphatic rings. The molecule has 1 atom stereocenters. The summed E-state index contributed by atoms with van der Waals surface area (Å²) in [7, 11) is 0. The number of hydrogen-bond acceptors (Lipinski definition) is 2. The molecule has 1 aromatic heterocycles.